The van der Waals surface area contributed by atoms with Crippen LogP contribution in [0.1, 0.15) is 24.2 Å². The van der Waals surface area contributed by atoms with Gasteiger partial charge in [-0.05, 0) is 48.4 Å². The van der Waals surface area contributed by atoms with Gasteiger partial charge >= 0.3 is 0 Å². The molecule has 1 aliphatic rings. The zero-order valence-electron chi connectivity index (χ0n) is 16.7. The Labute approximate surface area is 166 Å². The average Bonchev–Trinajstić information content (AvgIpc) is 2.72. The highest BCUT2D eigenvalue weighted by Crippen LogP contribution is 2.29. The van der Waals surface area contributed by atoms with Crippen molar-refractivity contribution in [3.63, 3.8) is 0 Å². The number of amides is 1. The highest BCUT2D eigenvalue weighted by atomic mass is 16.5. The summed E-state index contributed by atoms with van der Waals surface area (Å²) in [5, 5.41) is 9.43. The highest BCUT2D eigenvalue weighted by molar-refractivity contribution is 5.95. The number of aromatic hydroxyl groups is 1. The fourth-order valence-corrected chi connectivity index (χ4v) is 3.19. The highest BCUT2D eigenvalue weighted by Gasteiger charge is 2.23. The van der Waals surface area contributed by atoms with Gasteiger partial charge in [0.15, 0.2) is 11.5 Å². The zero-order chi connectivity index (χ0) is 20.1. The predicted octanol–water partition coefficient (Wildman–Crippen LogP) is 3.40. The summed E-state index contributed by atoms with van der Waals surface area (Å²) in [5.41, 5.74) is 1.66. The molecule has 1 amide bonds. The van der Waals surface area contributed by atoms with E-state index in [1.54, 1.807) is 37.4 Å². The Hall–Kier alpha value is -2.89. The smallest absolute Gasteiger partial charge is 0.254 e. The maximum Gasteiger partial charge on any atom is 0.254 e. The van der Waals surface area contributed by atoms with Crippen molar-refractivity contribution in [1.29, 1.82) is 0 Å². The van der Waals surface area contributed by atoms with Gasteiger partial charge in [-0.1, -0.05) is 13.8 Å². The fraction of sp³-hybridized carbons (Fsp3) is 0.409. The Morgan fingerprint density at radius 1 is 1.04 bits per heavy atom. The SMILES string of the molecule is COc1cc(C(=O)N2CCN(c3ccc(O)cc3)CC2)ccc1OCC(C)C. The maximum absolute atomic E-state index is 12.9. The Bertz CT molecular complexity index is 797. The summed E-state index contributed by atoms with van der Waals surface area (Å²) in [6, 6.07) is 12.5. The fourth-order valence-electron chi connectivity index (χ4n) is 3.19. The average molecular weight is 384 g/mol. The van der Waals surface area contributed by atoms with E-state index in [1.165, 1.54) is 0 Å². The Balaban J connectivity index is 1.63. The number of hydrogen-bond acceptors (Lipinski definition) is 5. The summed E-state index contributed by atoms with van der Waals surface area (Å²) < 4.78 is 11.2. The number of methoxy groups -OCH3 is 1. The lowest BCUT2D eigenvalue weighted by Gasteiger charge is -2.36. The summed E-state index contributed by atoms with van der Waals surface area (Å²) in [4.78, 5) is 17.0. The van der Waals surface area contributed by atoms with Crippen LogP contribution in [0.25, 0.3) is 0 Å². The molecule has 1 saturated heterocycles. The van der Waals surface area contributed by atoms with Crippen LogP contribution in [0.3, 0.4) is 0 Å². The summed E-state index contributed by atoms with van der Waals surface area (Å²) >= 11 is 0. The topological polar surface area (TPSA) is 62.2 Å². The van der Waals surface area contributed by atoms with E-state index in [1.807, 2.05) is 17.0 Å². The van der Waals surface area contributed by atoms with Crippen molar-refractivity contribution >= 4 is 11.6 Å². The van der Waals surface area contributed by atoms with Gasteiger partial charge < -0.3 is 24.4 Å². The van der Waals surface area contributed by atoms with E-state index in [-0.39, 0.29) is 11.7 Å². The number of anilines is 1. The number of ether oxygens (including phenoxy) is 2. The molecule has 0 saturated carbocycles. The second-order valence-electron chi connectivity index (χ2n) is 7.37. The second-order valence-corrected chi connectivity index (χ2v) is 7.37. The first-order chi connectivity index (χ1) is 13.5. The number of carbonyl (C=O) groups is 1. The molecular weight excluding hydrogens is 356 g/mol. The molecule has 2 aromatic carbocycles. The quantitative estimate of drug-likeness (QED) is 0.827. The largest absolute Gasteiger partial charge is 0.508 e. The standard InChI is InChI=1S/C22H28N2O4/c1-16(2)15-28-20-9-4-17(14-21(20)27-3)22(26)24-12-10-23(11-13-24)18-5-7-19(25)8-6-18/h4-9,14,16,25H,10-13,15H2,1-3H3. The molecule has 0 atom stereocenters. The van der Waals surface area contributed by atoms with Crippen molar-refractivity contribution in [3.05, 3.63) is 48.0 Å². The molecule has 1 fully saturated rings. The maximum atomic E-state index is 12.9. The first kappa shape index (κ1) is 19.9. The van der Waals surface area contributed by atoms with Crippen LogP contribution in [0, 0.1) is 5.92 Å². The molecule has 0 aliphatic carbocycles. The number of phenolic OH excluding ortho intramolecular Hbond substituents is 1. The molecule has 1 N–H and O–H groups in total. The molecule has 150 valence electrons. The summed E-state index contributed by atoms with van der Waals surface area (Å²) in [5.74, 6) is 1.90. The van der Waals surface area contributed by atoms with Crippen LogP contribution in [0.15, 0.2) is 42.5 Å². The van der Waals surface area contributed by atoms with Crippen molar-refractivity contribution in [1.82, 2.24) is 4.90 Å². The predicted molar refractivity (Wildman–Crippen MR) is 110 cm³/mol. The lowest BCUT2D eigenvalue weighted by Crippen LogP contribution is -2.48. The lowest BCUT2D eigenvalue weighted by molar-refractivity contribution is 0.0746. The van der Waals surface area contributed by atoms with E-state index in [2.05, 4.69) is 18.7 Å². The van der Waals surface area contributed by atoms with E-state index < -0.39 is 0 Å². The molecule has 6 heteroatoms. The van der Waals surface area contributed by atoms with E-state index >= 15 is 0 Å². The minimum absolute atomic E-state index is 0.000865. The monoisotopic (exact) mass is 384 g/mol. The van der Waals surface area contributed by atoms with Gasteiger partial charge in [-0.15, -0.1) is 0 Å². The third-order valence-electron chi connectivity index (χ3n) is 4.76. The van der Waals surface area contributed by atoms with Crippen LogP contribution < -0.4 is 14.4 Å². The van der Waals surface area contributed by atoms with Gasteiger partial charge in [-0.25, -0.2) is 0 Å². The number of phenols is 1. The van der Waals surface area contributed by atoms with Crippen LogP contribution in [-0.4, -0.2) is 55.8 Å². The van der Waals surface area contributed by atoms with E-state index in [0.717, 1.165) is 18.8 Å². The molecule has 0 spiro atoms. The van der Waals surface area contributed by atoms with E-state index in [9.17, 15) is 9.90 Å². The van der Waals surface area contributed by atoms with Crippen LogP contribution in [0.2, 0.25) is 0 Å². The lowest BCUT2D eigenvalue weighted by atomic mass is 10.1. The Morgan fingerprint density at radius 3 is 2.32 bits per heavy atom. The van der Waals surface area contributed by atoms with Crippen LogP contribution in [0.4, 0.5) is 5.69 Å². The molecule has 1 aliphatic heterocycles. The number of piperazine rings is 1. The van der Waals surface area contributed by atoms with Crippen molar-refractivity contribution in [2.45, 2.75) is 13.8 Å². The van der Waals surface area contributed by atoms with Gasteiger partial charge in [0.05, 0.1) is 13.7 Å². The normalized spacial score (nSPS) is 14.3. The molecule has 0 radical (unpaired) electrons. The molecule has 28 heavy (non-hydrogen) atoms. The van der Waals surface area contributed by atoms with Crippen LogP contribution >= 0.6 is 0 Å². The van der Waals surface area contributed by atoms with Gasteiger partial charge in [0.2, 0.25) is 0 Å². The molecule has 3 rings (SSSR count). The minimum atomic E-state index is -0.000865. The van der Waals surface area contributed by atoms with Gasteiger partial charge in [-0.2, -0.15) is 0 Å². The van der Waals surface area contributed by atoms with E-state index in [4.69, 9.17) is 9.47 Å². The number of rotatable bonds is 6. The number of nitrogens with zero attached hydrogens (tertiary/aromatic N) is 2. The Kier molecular flexibility index (Phi) is 6.29. The number of hydrogen-bond donors (Lipinski definition) is 1. The first-order valence-corrected chi connectivity index (χ1v) is 9.62. The first-order valence-electron chi connectivity index (χ1n) is 9.62. The van der Waals surface area contributed by atoms with Crippen molar-refractivity contribution in [3.8, 4) is 17.2 Å². The van der Waals surface area contributed by atoms with Gasteiger partial charge in [-0.3, -0.25) is 4.79 Å². The third kappa shape index (κ3) is 4.68. The van der Waals surface area contributed by atoms with Crippen molar-refractivity contribution in [2.24, 2.45) is 5.92 Å². The van der Waals surface area contributed by atoms with Crippen molar-refractivity contribution < 1.29 is 19.4 Å². The van der Waals surface area contributed by atoms with Gasteiger partial charge in [0, 0.05) is 37.4 Å². The molecular formula is C22H28N2O4. The molecule has 0 aromatic heterocycles. The van der Waals surface area contributed by atoms with Gasteiger partial charge in [0.1, 0.15) is 5.75 Å². The van der Waals surface area contributed by atoms with Crippen molar-refractivity contribution in [2.75, 3.05) is 44.8 Å². The number of carbonyl (C=O) groups excluding carboxylic acids is 1. The van der Waals surface area contributed by atoms with Crippen LogP contribution in [0.5, 0.6) is 17.2 Å². The molecule has 2 aromatic rings. The zero-order valence-corrected chi connectivity index (χ0v) is 16.7. The minimum Gasteiger partial charge on any atom is -0.508 e. The summed E-state index contributed by atoms with van der Waals surface area (Å²) in [6.45, 7) is 7.57. The number of benzene rings is 2. The molecule has 0 unspecified atom stereocenters. The second kappa shape index (κ2) is 8.87. The summed E-state index contributed by atoms with van der Waals surface area (Å²) in [7, 11) is 1.59. The Morgan fingerprint density at radius 2 is 1.71 bits per heavy atom. The summed E-state index contributed by atoms with van der Waals surface area (Å²) in [6.07, 6.45) is 0. The third-order valence-corrected chi connectivity index (χ3v) is 4.76. The molecule has 6 nitrogen and oxygen atoms in total. The molecule has 0 bridgehead atoms. The van der Waals surface area contributed by atoms with Crippen LogP contribution in [-0.2, 0) is 0 Å². The van der Waals surface area contributed by atoms with Gasteiger partial charge in [0.25, 0.3) is 5.91 Å². The molecule has 1 heterocycles. The van der Waals surface area contributed by atoms with E-state index in [0.29, 0.717) is 42.7 Å².